The summed E-state index contributed by atoms with van der Waals surface area (Å²) < 4.78 is 6.52. The van der Waals surface area contributed by atoms with Gasteiger partial charge in [-0.3, -0.25) is 0 Å². The molecule has 11 heavy (non-hydrogen) atoms. The molecular weight excluding hydrogens is 222 g/mol. The molecule has 1 aromatic heterocycles. The highest BCUT2D eigenvalue weighted by atomic mass is 79.9. The monoisotopic (exact) mass is 227 g/mol. The lowest BCUT2D eigenvalue weighted by molar-refractivity contribution is 1.47. The van der Waals surface area contributed by atoms with Crippen molar-refractivity contribution in [2.24, 2.45) is 0 Å². The Morgan fingerprint density at radius 1 is 1.45 bits per heavy atom. The van der Waals surface area contributed by atoms with Crippen LogP contribution in [-0.2, 0) is 0 Å². The van der Waals surface area contributed by atoms with Crippen molar-refractivity contribution in [3.8, 4) is 0 Å². The molecular formula is C8H6BrNS. The number of halogens is 1. The summed E-state index contributed by atoms with van der Waals surface area (Å²) in [5.41, 5.74) is 1.27. The molecule has 0 radical (unpaired) electrons. The van der Waals surface area contributed by atoms with Crippen molar-refractivity contribution >= 4 is 37.5 Å². The minimum atomic E-state index is 1.16. The Hall–Kier alpha value is -0.410. The standard InChI is InChI=1S/C8H6BrNS/c1-5-2-8-6(3-7(5)9)4-10-11-8/h2-4H,1H3. The molecule has 0 fully saturated rings. The smallest absolute Gasteiger partial charge is 0.0553 e. The molecule has 2 rings (SSSR count). The zero-order valence-corrected chi connectivity index (χ0v) is 8.37. The predicted octanol–water partition coefficient (Wildman–Crippen LogP) is 3.37. The molecule has 2 aromatic rings. The van der Waals surface area contributed by atoms with Gasteiger partial charge in [0.15, 0.2) is 0 Å². The second kappa shape index (κ2) is 2.57. The summed E-state index contributed by atoms with van der Waals surface area (Å²) in [6, 6.07) is 4.26. The molecule has 0 amide bonds. The first-order chi connectivity index (χ1) is 5.27. The zero-order valence-electron chi connectivity index (χ0n) is 5.97. The SMILES string of the molecule is Cc1cc2sncc2cc1Br. The highest BCUT2D eigenvalue weighted by Gasteiger charge is 1.99. The molecule has 0 aliphatic heterocycles. The molecule has 0 saturated carbocycles. The second-order valence-corrected chi connectivity index (χ2v) is 4.15. The van der Waals surface area contributed by atoms with Crippen molar-refractivity contribution in [2.75, 3.05) is 0 Å². The Balaban J connectivity index is 2.86. The average Bonchev–Trinajstić information content (AvgIpc) is 2.36. The molecule has 1 aromatic carbocycles. The summed E-state index contributed by atoms with van der Waals surface area (Å²) >= 11 is 5.02. The van der Waals surface area contributed by atoms with Crippen LogP contribution in [0.3, 0.4) is 0 Å². The maximum Gasteiger partial charge on any atom is 0.0553 e. The fraction of sp³-hybridized carbons (Fsp3) is 0.125. The van der Waals surface area contributed by atoms with Gasteiger partial charge in [0.2, 0.25) is 0 Å². The van der Waals surface area contributed by atoms with Gasteiger partial charge in [0, 0.05) is 16.1 Å². The number of aromatic nitrogens is 1. The van der Waals surface area contributed by atoms with Crippen molar-refractivity contribution in [2.45, 2.75) is 6.92 Å². The van der Waals surface area contributed by atoms with E-state index in [-0.39, 0.29) is 0 Å². The molecule has 0 spiro atoms. The number of hydrogen-bond donors (Lipinski definition) is 0. The van der Waals surface area contributed by atoms with Gasteiger partial charge in [0.05, 0.1) is 4.70 Å². The Morgan fingerprint density at radius 2 is 2.27 bits per heavy atom. The van der Waals surface area contributed by atoms with Gasteiger partial charge in [-0.05, 0) is 36.2 Å². The van der Waals surface area contributed by atoms with E-state index in [1.807, 2.05) is 6.20 Å². The summed E-state index contributed by atoms with van der Waals surface area (Å²) in [7, 11) is 0. The molecule has 0 N–H and O–H groups in total. The van der Waals surface area contributed by atoms with E-state index in [9.17, 15) is 0 Å². The van der Waals surface area contributed by atoms with Crippen molar-refractivity contribution in [1.82, 2.24) is 4.37 Å². The van der Waals surface area contributed by atoms with E-state index >= 15 is 0 Å². The third-order valence-corrected chi connectivity index (χ3v) is 3.25. The molecule has 0 atom stereocenters. The van der Waals surface area contributed by atoms with Crippen LogP contribution in [0.4, 0.5) is 0 Å². The lowest BCUT2D eigenvalue weighted by atomic mass is 10.2. The van der Waals surface area contributed by atoms with Crippen LogP contribution < -0.4 is 0 Å². The molecule has 0 bridgehead atoms. The molecule has 0 aliphatic carbocycles. The highest BCUT2D eigenvalue weighted by molar-refractivity contribution is 9.10. The second-order valence-electron chi connectivity index (χ2n) is 2.47. The van der Waals surface area contributed by atoms with E-state index < -0.39 is 0 Å². The first-order valence-corrected chi connectivity index (χ1v) is 4.84. The number of benzene rings is 1. The first-order valence-electron chi connectivity index (χ1n) is 3.28. The van der Waals surface area contributed by atoms with Crippen LogP contribution in [0.25, 0.3) is 10.1 Å². The molecule has 1 heterocycles. The molecule has 0 aliphatic rings. The van der Waals surface area contributed by atoms with Gasteiger partial charge in [0.1, 0.15) is 0 Å². The van der Waals surface area contributed by atoms with Gasteiger partial charge in [-0.2, -0.15) is 4.37 Å². The number of hydrogen-bond acceptors (Lipinski definition) is 2. The summed E-state index contributed by atoms with van der Waals surface area (Å²) in [5, 5.41) is 1.22. The fourth-order valence-corrected chi connectivity index (χ4v) is 2.08. The summed E-state index contributed by atoms with van der Waals surface area (Å²) in [4.78, 5) is 0. The average molecular weight is 228 g/mol. The van der Waals surface area contributed by atoms with Gasteiger partial charge in [-0.25, -0.2) is 0 Å². The van der Waals surface area contributed by atoms with Gasteiger partial charge in [-0.15, -0.1) is 0 Å². The molecule has 0 saturated heterocycles. The summed E-state index contributed by atoms with van der Waals surface area (Å²) in [6.45, 7) is 2.09. The van der Waals surface area contributed by atoms with Gasteiger partial charge < -0.3 is 0 Å². The van der Waals surface area contributed by atoms with E-state index in [1.54, 1.807) is 0 Å². The van der Waals surface area contributed by atoms with Crippen molar-refractivity contribution in [1.29, 1.82) is 0 Å². The third kappa shape index (κ3) is 1.19. The summed E-state index contributed by atoms with van der Waals surface area (Å²) in [6.07, 6.45) is 1.89. The minimum Gasteiger partial charge on any atom is -0.200 e. The van der Waals surface area contributed by atoms with Crippen LogP contribution in [0.1, 0.15) is 5.56 Å². The van der Waals surface area contributed by atoms with Crippen LogP contribution in [-0.4, -0.2) is 4.37 Å². The lowest BCUT2D eigenvalue weighted by Gasteiger charge is -1.95. The number of nitrogens with zero attached hydrogens (tertiary/aromatic N) is 1. The van der Waals surface area contributed by atoms with E-state index in [1.165, 1.54) is 27.2 Å². The van der Waals surface area contributed by atoms with Crippen LogP contribution in [0, 0.1) is 6.92 Å². The Labute approximate surface area is 77.3 Å². The van der Waals surface area contributed by atoms with E-state index in [0.717, 1.165) is 4.47 Å². The van der Waals surface area contributed by atoms with Crippen LogP contribution >= 0.6 is 27.5 Å². The Morgan fingerprint density at radius 3 is 3.09 bits per heavy atom. The lowest BCUT2D eigenvalue weighted by Crippen LogP contribution is -1.72. The van der Waals surface area contributed by atoms with E-state index in [4.69, 9.17) is 0 Å². The first kappa shape index (κ1) is 7.25. The minimum absolute atomic E-state index is 1.16. The Bertz CT molecular complexity index is 358. The van der Waals surface area contributed by atoms with Crippen LogP contribution in [0.2, 0.25) is 0 Å². The van der Waals surface area contributed by atoms with Crippen molar-refractivity contribution < 1.29 is 0 Å². The maximum absolute atomic E-state index is 4.10. The van der Waals surface area contributed by atoms with Crippen LogP contribution in [0.5, 0.6) is 0 Å². The number of rotatable bonds is 0. The van der Waals surface area contributed by atoms with Gasteiger partial charge in [-0.1, -0.05) is 15.9 Å². The normalized spacial score (nSPS) is 10.7. The predicted molar refractivity (Wildman–Crippen MR) is 52.1 cm³/mol. The molecule has 1 nitrogen and oxygen atoms in total. The molecule has 3 heteroatoms. The maximum atomic E-state index is 4.10. The molecule has 0 unspecified atom stereocenters. The third-order valence-electron chi connectivity index (χ3n) is 1.63. The van der Waals surface area contributed by atoms with Crippen molar-refractivity contribution in [3.63, 3.8) is 0 Å². The zero-order chi connectivity index (χ0) is 7.84. The van der Waals surface area contributed by atoms with Gasteiger partial charge >= 0.3 is 0 Å². The molecule has 56 valence electrons. The number of aryl methyl sites for hydroxylation is 1. The van der Waals surface area contributed by atoms with Gasteiger partial charge in [0.25, 0.3) is 0 Å². The van der Waals surface area contributed by atoms with E-state index in [0.29, 0.717) is 0 Å². The number of fused-ring (bicyclic) bond motifs is 1. The Kier molecular flexibility index (Phi) is 1.69. The van der Waals surface area contributed by atoms with Crippen LogP contribution in [0.15, 0.2) is 22.8 Å². The topological polar surface area (TPSA) is 12.9 Å². The fourth-order valence-electron chi connectivity index (χ4n) is 0.990. The highest BCUT2D eigenvalue weighted by Crippen LogP contribution is 2.25. The van der Waals surface area contributed by atoms with Crippen molar-refractivity contribution in [3.05, 3.63) is 28.4 Å². The quantitative estimate of drug-likeness (QED) is 0.673. The van der Waals surface area contributed by atoms with E-state index in [2.05, 4.69) is 39.4 Å². The summed E-state index contributed by atoms with van der Waals surface area (Å²) in [5.74, 6) is 0. The largest absolute Gasteiger partial charge is 0.200 e.